The van der Waals surface area contributed by atoms with Gasteiger partial charge in [0.15, 0.2) is 0 Å². The van der Waals surface area contributed by atoms with Crippen LogP contribution < -0.4 is 10.6 Å². The van der Waals surface area contributed by atoms with Crippen molar-refractivity contribution in [1.29, 1.82) is 0 Å². The Hall–Kier alpha value is -2.45. The van der Waals surface area contributed by atoms with Crippen LogP contribution in [0.3, 0.4) is 0 Å². The van der Waals surface area contributed by atoms with Gasteiger partial charge in [-0.1, -0.05) is 30.3 Å². The molecule has 0 radical (unpaired) electrons. The van der Waals surface area contributed by atoms with Gasteiger partial charge in [0, 0.05) is 36.9 Å². The molecule has 0 saturated carbocycles. The molecule has 2 fully saturated rings. The first-order valence-electron chi connectivity index (χ1n) is 11.1. The Morgan fingerprint density at radius 1 is 1.16 bits per heavy atom. The Kier molecular flexibility index (Phi) is 7.10. The Morgan fingerprint density at radius 2 is 1.94 bits per heavy atom. The molecule has 2 atom stereocenters. The van der Waals surface area contributed by atoms with Crippen molar-refractivity contribution in [2.45, 2.75) is 50.2 Å². The van der Waals surface area contributed by atoms with Gasteiger partial charge in [0.05, 0.1) is 11.7 Å². The van der Waals surface area contributed by atoms with Crippen molar-refractivity contribution in [2.24, 2.45) is 0 Å². The third kappa shape index (κ3) is 5.13. The average molecular weight is 447 g/mol. The van der Waals surface area contributed by atoms with Crippen molar-refractivity contribution in [2.75, 3.05) is 26.3 Å². The first-order valence-corrected chi connectivity index (χ1v) is 11.1. The summed E-state index contributed by atoms with van der Waals surface area (Å²) in [6.45, 7) is 3.24. The number of piperidine rings is 1. The summed E-state index contributed by atoms with van der Waals surface area (Å²) in [7, 11) is 0. The van der Waals surface area contributed by atoms with E-state index in [2.05, 4.69) is 27.3 Å². The molecule has 1 spiro atoms. The highest BCUT2D eigenvalue weighted by Gasteiger charge is 2.44. The monoisotopic (exact) mass is 446 g/mol. The highest BCUT2D eigenvalue weighted by atomic mass is 19.3. The molecule has 2 aliphatic heterocycles. The maximum absolute atomic E-state index is 13.1. The molecule has 2 aromatic rings. The van der Waals surface area contributed by atoms with Crippen LogP contribution in [-0.2, 0) is 17.8 Å². The number of benzene rings is 1. The van der Waals surface area contributed by atoms with Crippen molar-refractivity contribution in [3.8, 4) is 11.1 Å². The SMILES string of the molecule is O=C(NC(CF)Cc1ccc(-c2ccc(CN3CCC34CCCNC4)nc2)cc1)C(F)F. The fourth-order valence-corrected chi connectivity index (χ4v) is 4.68. The summed E-state index contributed by atoms with van der Waals surface area (Å²) in [5.41, 5.74) is 4.07. The third-order valence-electron chi connectivity index (χ3n) is 6.65. The molecule has 2 unspecified atom stereocenters. The number of alkyl halides is 3. The number of pyridine rings is 1. The summed E-state index contributed by atoms with van der Waals surface area (Å²) in [6.07, 6.45) is 2.60. The van der Waals surface area contributed by atoms with Crippen LogP contribution in [0, 0.1) is 0 Å². The standard InChI is InChI=1S/C24H29F3N4O/c25-13-21(30-23(32)22(26)27)12-17-2-4-18(5-3-17)19-6-7-20(29-14-19)15-31-11-9-24(31)8-1-10-28-16-24/h2-7,14,21-22,28H,1,8-13,15-16H2,(H,30,32). The van der Waals surface area contributed by atoms with Crippen molar-refractivity contribution in [3.05, 3.63) is 53.9 Å². The van der Waals surface area contributed by atoms with Gasteiger partial charge in [-0.05, 0) is 49.4 Å². The molecule has 2 N–H and O–H groups in total. The molecular weight excluding hydrogens is 417 g/mol. The van der Waals surface area contributed by atoms with E-state index < -0.39 is 25.0 Å². The summed E-state index contributed by atoms with van der Waals surface area (Å²) in [4.78, 5) is 18.3. The van der Waals surface area contributed by atoms with Crippen LogP contribution in [0.1, 0.15) is 30.5 Å². The van der Waals surface area contributed by atoms with Gasteiger partial charge in [-0.15, -0.1) is 0 Å². The number of halogens is 3. The fraction of sp³-hybridized carbons (Fsp3) is 0.500. The number of rotatable bonds is 8. The highest BCUT2D eigenvalue weighted by Crippen LogP contribution is 2.37. The largest absolute Gasteiger partial charge is 0.345 e. The van der Waals surface area contributed by atoms with Gasteiger partial charge < -0.3 is 10.6 Å². The summed E-state index contributed by atoms with van der Waals surface area (Å²) in [6, 6.07) is 10.6. The molecule has 8 heteroatoms. The van der Waals surface area contributed by atoms with Crippen LogP contribution in [0.15, 0.2) is 42.6 Å². The molecule has 5 nitrogen and oxygen atoms in total. The molecule has 0 bridgehead atoms. The lowest BCUT2D eigenvalue weighted by atomic mass is 9.78. The van der Waals surface area contributed by atoms with Crippen LogP contribution in [-0.4, -0.2) is 60.1 Å². The summed E-state index contributed by atoms with van der Waals surface area (Å²) >= 11 is 0. The third-order valence-corrected chi connectivity index (χ3v) is 6.65. The molecule has 2 saturated heterocycles. The molecule has 0 aliphatic carbocycles. The molecule has 3 heterocycles. The van der Waals surface area contributed by atoms with E-state index in [4.69, 9.17) is 0 Å². The second-order valence-corrected chi connectivity index (χ2v) is 8.78. The molecule has 2 aliphatic rings. The van der Waals surface area contributed by atoms with Gasteiger partial charge in [-0.2, -0.15) is 8.78 Å². The number of hydrogen-bond donors (Lipinski definition) is 2. The molecule has 1 amide bonds. The van der Waals surface area contributed by atoms with E-state index in [1.54, 1.807) is 0 Å². The van der Waals surface area contributed by atoms with E-state index >= 15 is 0 Å². The number of carbonyl (C=O) groups is 1. The first kappa shape index (κ1) is 22.7. The van der Waals surface area contributed by atoms with Crippen molar-refractivity contribution in [1.82, 2.24) is 20.5 Å². The van der Waals surface area contributed by atoms with Crippen LogP contribution in [0.2, 0.25) is 0 Å². The van der Waals surface area contributed by atoms with Crippen LogP contribution >= 0.6 is 0 Å². The number of nitrogens with zero attached hydrogens (tertiary/aromatic N) is 2. The minimum absolute atomic E-state index is 0.152. The molecular formula is C24H29F3N4O. The lowest BCUT2D eigenvalue weighted by molar-refractivity contribution is -0.132. The molecule has 1 aromatic heterocycles. The zero-order valence-corrected chi connectivity index (χ0v) is 18.0. The normalized spacial score (nSPS) is 22.0. The van der Waals surface area contributed by atoms with E-state index in [1.807, 2.05) is 35.8 Å². The summed E-state index contributed by atoms with van der Waals surface area (Å²) in [5.74, 6) is -1.45. The van der Waals surface area contributed by atoms with E-state index in [9.17, 15) is 18.0 Å². The predicted octanol–water partition coefficient (Wildman–Crippen LogP) is 3.34. The zero-order chi connectivity index (χ0) is 22.6. The van der Waals surface area contributed by atoms with Gasteiger partial charge in [0.25, 0.3) is 5.91 Å². The number of likely N-dealkylation sites (tertiary alicyclic amines) is 1. The number of amides is 1. The van der Waals surface area contributed by atoms with Gasteiger partial charge >= 0.3 is 6.43 Å². The van der Waals surface area contributed by atoms with Crippen molar-refractivity contribution >= 4 is 5.91 Å². The van der Waals surface area contributed by atoms with Crippen molar-refractivity contribution < 1.29 is 18.0 Å². The quantitative estimate of drug-likeness (QED) is 0.653. The second kappa shape index (κ2) is 10.0. The van der Waals surface area contributed by atoms with E-state index in [-0.39, 0.29) is 6.42 Å². The van der Waals surface area contributed by atoms with Gasteiger partial charge in [0.2, 0.25) is 0 Å². The highest BCUT2D eigenvalue weighted by molar-refractivity contribution is 5.79. The molecule has 32 heavy (non-hydrogen) atoms. The van der Waals surface area contributed by atoms with Crippen molar-refractivity contribution in [3.63, 3.8) is 0 Å². The fourth-order valence-electron chi connectivity index (χ4n) is 4.68. The second-order valence-electron chi connectivity index (χ2n) is 8.78. The summed E-state index contributed by atoms with van der Waals surface area (Å²) < 4.78 is 37.9. The van der Waals surface area contributed by atoms with Crippen LogP contribution in [0.4, 0.5) is 13.2 Å². The Labute approximate surface area is 186 Å². The lowest BCUT2D eigenvalue weighted by Gasteiger charge is -2.55. The maximum Gasteiger partial charge on any atom is 0.315 e. The average Bonchev–Trinajstić information content (AvgIpc) is 2.82. The van der Waals surface area contributed by atoms with Crippen LogP contribution in [0.25, 0.3) is 11.1 Å². The zero-order valence-electron chi connectivity index (χ0n) is 18.0. The number of carbonyl (C=O) groups excluding carboxylic acids is 1. The van der Waals surface area contributed by atoms with E-state index in [0.29, 0.717) is 5.54 Å². The minimum Gasteiger partial charge on any atom is -0.345 e. The maximum atomic E-state index is 13.1. The smallest absolute Gasteiger partial charge is 0.315 e. The Morgan fingerprint density at radius 3 is 2.50 bits per heavy atom. The number of nitrogens with one attached hydrogen (secondary N) is 2. The molecule has 1 aromatic carbocycles. The van der Waals surface area contributed by atoms with Gasteiger partial charge in [-0.3, -0.25) is 14.7 Å². The minimum atomic E-state index is -3.15. The van der Waals surface area contributed by atoms with Crippen LogP contribution in [0.5, 0.6) is 0 Å². The topological polar surface area (TPSA) is 57.3 Å². The predicted molar refractivity (Wildman–Crippen MR) is 117 cm³/mol. The van der Waals surface area contributed by atoms with Gasteiger partial charge in [0.1, 0.15) is 6.67 Å². The van der Waals surface area contributed by atoms with E-state index in [0.717, 1.165) is 48.6 Å². The Bertz CT molecular complexity index is 898. The molecule has 4 rings (SSSR count). The van der Waals surface area contributed by atoms with Gasteiger partial charge in [-0.25, -0.2) is 4.39 Å². The molecule has 172 valence electrons. The number of hydrogen-bond acceptors (Lipinski definition) is 4. The number of aromatic nitrogens is 1. The summed E-state index contributed by atoms with van der Waals surface area (Å²) in [5, 5.41) is 5.55. The lowest BCUT2D eigenvalue weighted by Crippen LogP contribution is -2.65. The Balaban J connectivity index is 1.34. The van der Waals surface area contributed by atoms with E-state index in [1.165, 1.54) is 19.3 Å². The first-order chi connectivity index (χ1) is 15.5.